The fourth-order valence-corrected chi connectivity index (χ4v) is 3.96. The van der Waals surface area contributed by atoms with Crippen molar-refractivity contribution >= 4 is 47.0 Å². The van der Waals surface area contributed by atoms with Crippen LogP contribution in [0.15, 0.2) is 63.5 Å². The van der Waals surface area contributed by atoms with Gasteiger partial charge in [-0.05, 0) is 42.5 Å². The van der Waals surface area contributed by atoms with Gasteiger partial charge in [0.25, 0.3) is 0 Å². The molecule has 0 aliphatic carbocycles. The van der Waals surface area contributed by atoms with Crippen LogP contribution in [0.3, 0.4) is 0 Å². The zero-order chi connectivity index (χ0) is 22.5. The van der Waals surface area contributed by atoms with Crippen molar-refractivity contribution in [2.75, 3.05) is 32.5 Å². The van der Waals surface area contributed by atoms with E-state index in [9.17, 15) is 19.5 Å². The molecule has 8 nitrogen and oxygen atoms in total. The van der Waals surface area contributed by atoms with Gasteiger partial charge in [0, 0.05) is 20.5 Å². The van der Waals surface area contributed by atoms with Crippen LogP contribution in [0.4, 0.5) is 5.69 Å². The molecule has 0 spiro atoms. The number of carbonyl (C=O) groups is 3. The number of halogens is 1. The Morgan fingerprint density at radius 2 is 1.74 bits per heavy atom. The summed E-state index contributed by atoms with van der Waals surface area (Å²) < 4.78 is 15.0. The predicted octanol–water partition coefficient (Wildman–Crippen LogP) is 3.58. The normalized spacial score (nSPS) is 13.7. The molecule has 2 aromatic rings. The van der Waals surface area contributed by atoms with E-state index in [1.807, 2.05) is 0 Å². The lowest BCUT2D eigenvalue weighted by molar-refractivity contribution is -0.140. The summed E-state index contributed by atoms with van der Waals surface area (Å²) in [5, 5.41) is 10.3. The summed E-state index contributed by atoms with van der Waals surface area (Å²) in [4.78, 5) is 39.2. The maximum Gasteiger partial charge on any atom is 0.355 e. The zero-order valence-electron chi connectivity index (χ0n) is 16.6. The molecule has 1 aliphatic rings. The summed E-state index contributed by atoms with van der Waals surface area (Å²) in [6, 6.07) is 11.7. The lowest BCUT2D eigenvalue weighted by atomic mass is 10.1. The van der Waals surface area contributed by atoms with Crippen molar-refractivity contribution in [3.8, 4) is 0 Å². The minimum absolute atomic E-state index is 0.0166. The molecule has 162 valence electrons. The van der Waals surface area contributed by atoms with Gasteiger partial charge in [0.05, 0.1) is 32.0 Å². The molecule has 0 saturated carbocycles. The number of benzene rings is 2. The molecule has 31 heavy (non-hydrogen) atoms. The van der Waals surface area contributed by atoms with E-state index in [4.69, 9.17) is 25.8 Å². The van der Waals surface area contributed by atoms with Gasteiger partial charge in [-0.1, -0.05) is 23.4 Å². The predicted molar refractivity (Wildman–Crippen MR) is 113 cm³/mol. The summed E-state index contributed by atoms with van der Waals surface area (Å²) in [5.74, 6) is -2.65. The highest BCUT2D eigenvalue weighted by atomic mass is 35.5. The molecule has 10 heteroatoms. The van der Waals surface area contributed by atoms with Gasteiger partial charge in [-0.25, -0.2) is 14.4 Å². The molecule has 3 rings (SSSR count). The first-order valence-corrected chi connectivity index (χ1v) is 10.1. The molecule has 0 amide bonds. The van der Waals surface area contributed by atoms with Crippen LogP contribution >= 0.6 is 23.4 Å². The second-order valence-electron chi connectivity index (χ2n) is 6.26. The van der Waals surface area contributed by atoms with E-state index in [-0.39, 0.29) is 30.2 Å². The minimum atomic E-state index is -1.15. The highest BCUT2D eigenvalue weighted by Gasteiger charge is 2.33. The number of carboxylic acid groups (broad SMARTS) is 1. The molecule has 0 bridgehead atoms. The number of aromatic carboxylic acids is 1. The average molecular weight is 464 g/mol. The summed E-state index contributed by atoms with van der Waals surface area (Å²) >= 11 is 7.16. The molecule has 0 aromatic heterocycles. The molecule has 0 unspecified atom stereocenters. The highest BCUT2D eigenvalue weighted by molar-refractivity contribution is 7.99. The highest BCUT2D eigenvalue weighted by Crippen LogP contribution is 2.35. The van der Waals surface area contributed by atoms with Gasteiger partial charge in [0.15, 0.2) is 0 Å². The molecule has 0 saturated heterocycles. The van der Waals surface area contributed by atoms with Gasteiger partial charge in [-0.3, -0.25) is 0 Å². The molecule has 1 N–H and O–H groups in total. The summed E-state index contributed by atoms with van der Waals surface area (Å²) in [7, 11) is 2.38. The number of rotatable bonds is 6. The Morgan fingerprint density at radius 1 is 1.06 bits per heavy atom. The van der Waals surface area contributed by atoms with Crippen LogP contribution in [-0.2, 0) is 23.8 Å². The third-order valence-corrected chi connectivity index (χ3v) is 5.72. The van der Waals surface area contributed by atoms with Crippen LogP contribution in [0.2, 0.25) is 5.02 Å². The van der Waals surface area contributed by atoms with Crippen molar-refractivity contribution in [2.45, 2.75) is 9.79 Å². The SMILES string of the molecule is COC(=O)C1=C(C(=O)OC)N(c2ccc(Sc3ccc(Cl)cc3)c(C(=O)O)c2)COC1. The number of hydrogen-bond acceptors (Lipinski definition) is 8. The Bertz CT molecular complexity index is 1050. The lowest BCUT2D eigenvalue weighted by Crippen LogP contribution is -2.38. The third kappa shape index (κ3) is 5.01. The van der Waals surface area contributed by atoms with E-state index in [0.29, 0.717) is 15.6 Å². The van der Waals surface area contributed by atoms with Gasteiger partial charge in [0.2, 0.25) is 0 Å². The Labute approximate surface area is 187 Å². The second-order valence-corrected chi connectivity index (χ2v) is 7.81. The van der Waals surface area contributed by atoms with Crippen LogP contribution in [0, 0.1) is 0 Å². The number of hydrogen-bond donors (Lipinski definition) is 1. The number of methoxy groups -OCH3 is 2. The fraction of sp³-hybridized carbons (Fsp3) is 0.190. The third-order valence-electron chi connectivity index (χ3n) is 4.38. The Kier molecular flexibility index (Phi) is 7.21. The topological polar surface area (TPSA) is 102 Å². The Morgan fingerprint density at radius 3 is 2.35 bits per heavy atom. The van der Waals surface area contributed by atoms with Gasteiger partial charge >= 0.3 is 17.9 Å². The van der Waals surface area contributed by atoms with Crippen molar-refractivity contribution in [1.29, 1.82) is 0 Å². The van der Waals surface area contributed by atoms with E-state index in [1.165, 1.54) is 36.9 Å². The quantitative estimate of drug-likeness (QED) is 0.643. The molecule has 2 aromatic carbocycles. The first-order valence-electron chi connectivity index (χ1n) is 8.91. The van der Waals surface area contributed by atoms with Crippen LogP contribution in [0.25, 0.3) is 0 Å². The van der Waals surface area contributed by atoms with E-state index in [0.717, 1.165) is 4.90 Å². The van der Waals surface area contributed by atoms with Crippen molar-refractivity contribution in [3.05, 3.63) is 64.3 Å². The van der Waals surface area contributed by atoms with Crippen molar-refractivity contribution in [1.82, 2.24) is 0 Å². The number of carboxylic acids is 1. The summed E-state index contributed by atoms with van der Waals surface area (Å²) in [6.45, 7) is -0.211. The Hall–Kier alpha value is -3.01. The van der Waals surface area contributed by atoms with Crippen LogP contribution < -0.4 is 4.90 Å². The van der Waals surface area contributed by atoms with E-state index < -0.39 is 17.9 Å². The number of carbonyl (C=O) groups excluding carboxylic acids is 2. The molecule has 0 atom stereocenters. The van der Waals surface area contributed by atoms with Gasteiger partial charge in [-0.15, -0.1) is 0 Å². The largest absolute Gasteiger partial charge is 0.478 e. The van der Waals surface area contributed by atoms with E-state index in [1.54, 1.807) is 36.4 Å². The molecule has 0 radical (unpaired) electrons. The second kappa shape index (κ2) is 9.86. The standard InChI is InChI=1S/C21H18ClNO7S/c1-28-20(26)16-10-30-11-23(18(16)21(27)29-2)13-5-8-17(15(9-13)19(24)25)31-14-6-3-12(22)4-7-14/h3-9H,10-11H2,1-2H3,(H,24,25). The van der Waals surface area contributed by atoms with Gasteiger partial charge in [-0.2, -0.15) is 0 Å². The van der Waals surface area contributed by atoms with Crippen LogP contribution in [0.1, 0.15) is 10.4 Å². The molecule has 1 heterocycles. The van der Waals surface area contributed by atoms with Gasteiger partial charge < -0.3 is 24.2 Å². The monoisotopic (exact) mass is 463 g/mol. The lowest BCUT2D eigenvalue weighted by Gasteiger charge is -2.31. The van der Waals surface area contributed by atoms with Gasteiger partial charge in [0.1, 0.15) is 12.4 Å². The molecule has 0 fully saturated rings. The van der Waals surface area contributed by atoms with E-state index in [2.05, 4.69) is 0 Å². The van der Waals surface area contributed by atoms with Crippen LogP contribution in [0.5, 0.6) is 0 Å². The Balaban J connectivity index is 2.04. The number of nitrogens with zero attached hydrogens (tertiary/aromatic N) is 1. The maximum absolute atomic E-state index is 12.4. The number of ether oxygens (including phenoxy) is 3. The number of anilines is 1. The van der Waals surface area contributed by atoms with E-state index >= 15 is 0 Å². The first-order chi connectivity index (χ1) is 14.8. The average Bonchev–Trinajstić information content (AvgIpc) is 2.79. The van der Waals surface area contributed by atoms with Crippen molar-refractivity contribution in [3.63, 3.8) is 0 Å². The summed E-state index contributed by atoms with van der Waals surface area (Å²) in [5.41, 5.74) is 0.290. The van der Waals surface area contributed by atoms with Crippen molar-refractivity contribution < 1.29 is 33.7 Å². The number of esters is 2. The molecular formula is C21H18ClNO7S. The minimum Gasteiger partial charge on any atom is -0.478 e. The fourth-order valence-electron chi connectivity index (χ4n) is 2.92. The maximum atomic E-state index is 12.4. The first kappa shape index (κ1) is 22.7. The molecule has 1 aliphatic heterocycles. The smallest absolute Gasteiger partial charge is 0.355 e. The van der Waals surface area contributed by atoms with Crippen molar-refractivity contribution in [2.24, 2.45) is 0 Å². The van der Waals surface area contributed by atoms with Crippen LogP contribution in [-0.4, -0.2) is 50.6 Å². The summed E-state index contributed by atoms with van der Waals surface area (Å²) in [6.07, 6.45) is 0. The zero-order valence-corrected chi connectivity index (χ0v) is 18.2. The molecular weight excluding hydrogens is 446 g/mol.